The number of carbonyl (C=O) groups is 1. The zero-order valence-corrected chi connectivity index (χ0v) is 18.0. The summed E-state index contributed by atoms with van der Waals surface area (Å²) in [6.07, 6.45) is 1.72. The Morgan fingerprint density at radius 2 is 1.79 bits per heavy atom. The number of aromatic nitrogens is 3. The monoisotopic (exact) mass is 438 g/mol. The summed E-state index contributed by atoms with van der Waals surface area (Å²) in [5.41, 5.74) is 2.55. The topological polar surface area (TPSA) is 88.5 Å². The molecule has 5 rings (SSSR count). The van der Waals surface area contributed by atoms with Gasteiger partial charge >= 0.3 is 0 Å². The lowest BCUT2D eigenvalue weighted by Crippen LogP contribution is -2.31. The molecular formula is C26H22N4O3. The van der Waals surface area contributed by atoms with Gasteiger partial charge in [-0.2, -0.15) is 5.10 Å². The molecule has 7 nitrogen and oxygen atoms in total. The number of benzene rings is 3. The van der Waals surface area contributed by atoms with Gasteiger partial charge in [0.1, 0.15) is 5.52 Å². The highest BCUT2D eigenvalue weighted by Gasteiger charge is 2.19. The molecule has 3 aromatic carbocycles. The lowest BCUT2D eigenvalue weighted by Gasteiger charge is -2.17. The molecule has 2 N–H and O–H groups in total. The van der Waals surface area contributed by atoms with E-state index in [0.717, 1.165) is 21.9 Å². The molecule has 2 aromatic heterocycles. The Kier molecular flexibility index (Phi) is 5.46. The van der Waals surface area contributed by atoms with E-state index in [9.17, 15) is 9.59 Å². The molecule has 2 heterocycles. The van der Waals surface area contributed by atoms with Crippen molar-refractivity contribution in [1.82, 2.24) is 19.9 Å². The molecule has 0 radical (unpaired) electrons. The molecule has 0 saturated carbocycles. The second kappa shape index (κ2) is 8.72. The Morgan fingerprint density at radius 1 is 1.03 bits per heavy atom. The summed E-state index contributed by atoms with van der Waals surface area (Å²) in [5.74, 6) is -0.378. The number of carbonyl (C=O) groups excluding carboxylic acids is 1. The number of aromatic amines is 1. The minimum absolute atomic E-state index is 0.160. The van der Waals surface area contributed by atoms with Crippen LogP contribution in [-0.2, 0) is 4.74 Å². The lowest BCUT2D eigenvalue weighted by atomic mass is 10.1. The summed E-state index contributed by atoms with van der Waals surface area (Å²) in [7, 11) is 1.58. The van der Waals surface area contributed by atoms with Crippen LogP contribution in [0.3, 0.4) is 0 Å². The van der Waals surface area contributed by atoms with E-state index in [2.05, 4.69) is 15.4 Å². The van der Waals surface area contributed by atoms with Crippen LogP contribution >= 0.6 is 0 Å². The molecule has 1 unspecified atom stereocenters. The van der Waals surface area contributed by atoms with Crippen molar-refractivity contribution in [3.05, 3.63) is 107 Å². The molecule has 164 valence electrons. The maximum absolute atomic E-state index is 12.9. The number of fused-ring (bicyclic) bond motifs is 2. The molecule has 33 heavy (non-hydrogen) atoms. The first-order valence-corrected chi connectivity index (χ1v) is 10.6. The van der Waals surface area contributed by atoms with Crippen LogP contribution < -0.4 is 10.9 Å². The number of H-pyrrole nitrogens is 1. The number of methoxy groups -OCH3 is 1. The third-order valence-corrected chi connectivity index (χ3v) is 5.60. The van der Waals surface area contributed by atoms with Crippen molar-refractivity contribution in [2.75, 3.05) is 13.7 Å². The van der Waals surface area contributed by atoms with Crippen LogP contribution in [0.2, 0.25) is 0 Å². The first-order chi connectivity index (χ1) is 16.1. The smallest absolute Gasteiger partial charge is 0.274 e. The van der Waals surface area contributed by atoms with Gasteiger partial charge in [-0.15, -0.1) is 0 Å². The van der Waals surface area contributed by atoms with E-state index in [1.165, 1.54) is 10.6 Å². The first-order valence-electron chi connectivity index (χ1n) is 10.6. The normalized spacial score (nSPS) is 12.2. The van der Waals surface area contributed by atoms with Crippen LogP contribution in [0.4, 0.5) is 0 Å². The quantitative estimate of drug-likeness (QED) is 0.420. The van der Waals surface area contributed by atoms with Crippen LogP contribution in [0.1, 0.15) is 22.1 Å². The Hall–Kier alpha value is -4.23. The summed E-state index contributed by atoms with van der Waals surface area (Å²) in [4.78, 5) is 28.6. The minimum Gasteiger partial charge on any atom is -0.382 e. The molecule has 0 spiro atoms. The van der Waals surface area contributed by atoms with E-state index in [4.69, 9.17) is 4.74 Å². The van der Waals surface area contributed by atoms with Gasteiger partial charge in [-0.05, 0) is 22.4 Å². The molecule has 0 fully saturated rings. The second-order valence-corrected chi connectivity index (χ2v) is 7.81. The standard InChI is InChI=1S/C26H22N4O3/c1-33-16-23(18-8-3-2-4-9-18)28-25(31)21-14-24-26(32)27-22(15-30(24)29-21)20-12-11-17-7-5-6-10-19(17)13-20/h2-15,23H,16H2,1H3,(H,27,32)(H,28,31). The molecule has 1 amide bonds. The van der Waals surface area contributed by atoms with Crippen molar-refractivity contribution in [2.45, 2.75) is 6.04 Å². The van der Waals surface area contributed by atoms with E-state index < -0.39 is 0 Å². The predicted octanol–water partition coefficient (Wildman–Crippen LogP) is 3.96. The fraction of sp³-hybridized carbons (Fsp3) is 0.115. The Morgan fingerprint density at radius 3 is 2.58 bits per heavy atom. The van der Waals surface area contributed by atoms with Gasteiger partial charge in [0.25, 0.3) is 11.5 Å². The van der Waals surface area contributed by atoms with Crippen LogP contribution in [0.25, 0.3) is 27.5 Å². The van der Waals surface area contributed by atoms with E-state index in [0.29, 0.717) is 17.8 Å². The average molecular weight is 438 g/mol. The van der Waals surface area contributed by atoms with Crippen LogP contribution in [0.5, 0.6) is 0 Å². The zero-order chi connectivity index (χ0) is 22.8. The predicted molar refractivity (Wildman–Crippen MR) is 127 cm³/mol. The highest BCUT2D eigenvalue weighted by atomic mass is 16.5. The van der Waals surface area contributed by atoms with Gasteiger partial charge in [0.15, 0.2) is 5.69 Å². The minimum atomic E-state index is -0.378. The third kappa shape index (κ3) is 4.14. The molecular weight excluding hydrogens is 416 g/mol. The highest BCUT2D eigenvalue weighted by molar-refractivity contribution is 5.94. The van der Waals surface area contributed by atoms with Crippen molar-refractivity contribution in [3.8, 4) is 11.3 Å². The van der Waals surface area contributed by atoms with Crippen molar-refractivity contribution in [1.29, 1.82) is 0 Å². The molecule has 5 aromatic rings. The van der Waals surface area contributed by atoms with Crippen LogP contribution in [-0.4, -0.2) is 34.2 Å². The summed E-state index contributed by atoms with van der Waals surface area (Å²) < 4.78 is 6.72. The van der Waals surface area contributed by atoms with Crippen molar-refractivity contribution in [2.24, 2.45) is 0 Å². The fourth-order valence-corrected chi connectivity index (χ4v) is 3.92. The third-order valence-electron chi connectivity index (χ3n) is 5.60. The molecule has 0 aliphatic carbocycles. The number of nitrogens with one attached hydrogen (secondary N) is 2. The molecule has 0 saturated heterocycles. The average Bonchev–Trinajstić information content (AvgIpc) is 3.29. The summed E-state index contributed by atoms with van der Waals surface area (Å²) in [6, 6.07) is 24.7. The Labute approximate surface area is 189 Å². The zero-order valence-electron chi connectivity index (χ0n) is 18.0. The molecule has 1 atom stereocenters. The molecule has 0 aliphatic heterocycles. The van der Waals surface area contributed by atoms with E-state index in [-0.39, 0.29) is 23.2 Å². The van der Waals surface area contributed by atoms with E-state index >= 15 is 0 Å². The SMILES string of the molecule is COCC(NC(=O)c1cc2c(=O)[nH]c(-c3ccc4ccccc4c3)cn2n1)c1ccccc1. The number of ether oxygens (including phenoxy) is 1. The lowest BCUT2D eigenvalue weighted by molar-refractivity contribution is 0.0891. The van der Waals surface area contributed by atoms with Gasteiger partial charge in [-0.25, -0.2) is 4.52 Å². The van der Waals surface area contributed by atoms with Gasteiger partial charge in [0.05, 0.1) is 24.5 Å². The number of nitrogens with zero attached hydrogens (tertiary/aromatic N) is 2. The Bertz CT molecular complexity index is 1500. The van der Waals surface area contributed by atoms with Crippen molar-refractivity contribution >= 4 is 22.2 Å². The molecule has 0 bridgehead atoms. The second-order valence-electron chi connectivity index (χ2n) is 7.81. The summed E-state index contributed by atoms with van der Waals surface area (Å²) in [5, 5.41) is 9.51. The summed E-state index contributed by atoms with van der Waals surface area (Å²) >= 11 is 0. The van der Waals surface area contributed by atoms with Gasteiger partial charge in [0.2, 0.25) is 0 Å². The van der Waals surface area contributed by atoms with Crippen LogP contribution in [0.15, 0.2) is 89.9 Å². The number of hydrogen-bond acceptors (Lipinski definition) is 4. The Balaban J connectivity index is 1.47. The van der Waals surface area contributed by atoms with Crippen molar-refractivity contribution in [3.63, 3.8) is 0 Å². The first kappa shape index (κ1) is 20.7. The fourth-order valence-electron chi connectivity index (χ4n) is 3.92. The van der Waals surface area contributed by atoms with Gasteiger partial charge in [0, 0.05) is 18.7 Å². The summed E-state index contributed by atoms with van der Waals surface area (Å²) in [6.45, 7) is 0.315. The van der Waals surface area contributed by atoms with Crippen LogP contribution in [0, 0.1) is 0 Å². The number of amides is 1. The maximum atomic E-state index is 12.9. The van der Waals surface area contributed by atoms with E-state index in [1.54, 1.807) is 13.3 Å². The maximum Gasteiger partial charge on any atom is 0.274 e. The van der Waals surface area contributed by atoms with E-state index in [1.807, 2.05) is 72.8 Å². The van der Waals surface area contributed by atoms with Gasteiger partial charge < -0.3 is 15.0 Å². The number of rotatable bonds is 6. The van der Waals surface area contributed by atoms with Crippen molar-refractivity contribution < 1.29 is 9.53 Å². The van der Waals surface area contributed by atoms with Gasteiger partial charge in [-0.1, -0.05) is 66.7 Å². The van der Waals surface area contributed by atoms with Gasteiger partial charge in [-0.3, -0.25) is 9.59 Å². The molecule has 0 aliphatic rings. The highest BCUT2D eigenvalue weighted by Crippen LogP contribution is 2.22. The largest absolute Gasteiger partial charge is 0.382 e. The molecule has 7 heteroatoms. The number of hydrogen-bond donors (Lipinski definition) is 2.